The van der Waals surface area contributed by atoms with Gasteiger partial charge in [0.1, 0.15) is 17.1 Å². The number of carboxylic acid groups (broad SMARTS) is 1. The first-order valence-corrected chi connectivity index (χ1v) is 5.79. The number of hydrogen-bond acceptors (Lipinski definition) is 2. The van der Waals surface area contributed by atoms with Gasteiger partial charge < -0.3 is 9.84 Å². The largest absolute Gasteiger partial charge is 0.478 e. The van der Waals surface area contributed by atoms with Crippen LogP contribution in [0, 0.1) is 0 Å². The normalized spacial score (nSPS) is 10.1. The molecule has 18 heavy (non-hydrogen) atoms. The van der Waals surface area contributed by atoms with E-state index in [2.05, 4.69) is 0 Å². The number of benzene rings is 2. The Morgan fingerprint density at radius 2 is 1.72 bits per heavy atom. The summed E-state index contributed by atoms with van der Waals surface area (Å²) in [6.07, 6.45) is 0. The van der Waals surface area contributed by atoms with Crippen LogP contribution in [-0.4, -0.2) is 11.1 Å². The van der Waals surface area contributed by atoms with Crippen LogP contribution >= 0.6 is 23.2 Å². The van der Waals surface area contributed by atoms with Gasteiger partial charge in [0.2, 0.25) is 0 Å². The number of halogens is 2. The number of rotatable bonds is 3. The van der Waals surface area contributed by atoms with Gasteiger partial charge in [0, 0.05) is 0 Å². The predicted octanol–water partition coefficient (Wildman–Crippen LogP) is 4.48. The molecule has 2 rings (SSSR count). The fourth-order valence-electron chi connectivity index (χ4n) is 1.42. The summed E-state index contributed by atoms with van der Waals surface area (Å²) < 4.78 is 5.50. The maximum absolute atomic E-state index is 11.0. The zero-order chi connectivity index (χ0) is 13.1. The molecule has 0 aliphatic rings. The SMILES string of the molecule is O=C(O)c1c(Cl)ccc(Oc2ccccc2)c1Cl. The average Bonchev–Trinajstić information content (AvgIpc) is 2.34. The van der Waals surface area contributed by atoms with Crippen LogP contribution < -0.4 is 4.74 Å². The standard InChI is InChI=1S/C13H8Cl2O3/c14-9-6-7-10(12(15)11(9)13(16)17)18-8-4-2-1-3-5-8/h1-7H,(H,16,17). The van der Waals surface area contributed by atoms with Crippen molar-refractivity contribution in [2.24, 2.45) is 0 Å². The lowest BCUT2D eigenvalue weighted by Gasteiger charge is -2.10. The van der Waals surface area contributed by atoms with E-state index in [4.69, 9.17) is 33.0 Å². The molecule has 0 aromatic heterocycles. The molecule has 0 spiro atoms. The molecule has 0 aliphatic carbocycles. The molecule has 2 aromatic carbocycles. The highest BCUT2D eigenvalue weighted by Crippen LogP contribution is 2.35. The van der Waals surface area contributed by atoms with Crippen LogP contribution in [0.3, 0.4) is 0 Å². The monoisotopic (exact) mass is 282 g/mol. The second-order valence-electron chi connectivity index (χ2n) is 3.45. The van der Waals surface area contributed by atoms with Gasteiger partial charge in [0.25, 0.3) is 0 Å². The molecule has 92 valence electrons. The number of aromatic carboxylic acids is 1. The Balaban J connectivity index is 2.41. The van der Waals surface area contributed by atoms with E-state index in [0.29, 0.717) is 5.75 Å². The lowest BCUT2D eigenvalue weighted by atomic mass is 10.2. The van der Waals surface area contributed by atoms with E-state index in [1.54, 1.807) is 24.3 Å². The van der Waals surface area contributed by atoms with E-state index in [9.17, 15) is 4.79 Å². The van der Waals surface area contributed by atoms with Crippen molar-refractivity contribution in [2.75, 3.05) is 0 Å². The van der Waals surface area contributed by atoms with E-state index < -0.39 is 5.97 Å². The third kappa shape index (κ3) is 2.58. The summed E-state index contributed by atoms with van der Waals surface area (Å²) in [6.45, 7) is 0. The van der Waals surface area contributed by atoms with Crippen molar-refractivity contribution in [3.8, 4) is 11.5 Å². The summed E-state index contributed by atoms with van der Waals surface area (Å²) in [5.41, 5.74) is -0.160. The van der Waals surface area contributed by atoms with Crippen LogP contribution in [0.5, 0.6) is 11.5 Å². The van der Waals surface area contributed by atoms with Crippen LogP contribution in [0.4, 0.5) is 0 Å². The summed E-state index contributed by atoms with van der Waals surface area (Å²) in [5.74, 6) is -0.369. The minimum Gasteiger partial charge on any atom is -0.478 e. The number of para-hydroxylation sites is 1. The molecule has 5 heteroatoms. The number of carbonyl (C=O) groups is 1. The van der Waals surface area contributed by atoms with E-state index in [-0.39, 0.29) is 21.4 Å². The van der Waals surface area contributed by atoms with Crippen molar-refractivity contribution in [1.29, 1.82) is 0 Å². The zero-order valence-electron chi connectivity index (χ0n) is 9.06. The van der Waals surface area contributed by atoms with Crippen LogP contribution in [0.2, 0.25) is 10.0 Å². The Morgan fingerprint density at radius 3 is 2.33 bits per heavy atom. The molecule has 0 unspecified atom stereocenters. The highest BCUT2D eigenvalue weighted by atomic mass is 35.5. The summed E-state index contributed by atoms with van der Waals surface area (Å²) >= 11 is 11.7. The Hall–Kier alpha value is -1.71. The minimum absolute atomic E-state index is 0.0150. The van der Waals surface area contributed by atoms with E-state index in [1.807, 2.05) is 6.07 Å². The molecule has 0 heterocycles. The first-order chi connectivity index (χ1) is 8.59. The molecule has 0 aliphatic heterocycles. The first-order valence-electron chi connectivity index (χ1n) is 5.04. The topological polar surface area (TPSA) is 46.5 Å². The molecule has 0 saturated carbocycles. The highest BCUT2D eigenvalue weighted by molar-refractivity contribution is 6.40. The van der Waals surface area contributed by atoms with Gasteiger partial charge in [0.15, 0.2) is 0 Å². The predicted molar refractivity (Wildman–Crippen MR) is 69.9 cm³/mol. The maximum Gasteiger partial charge on any atom is 0.338 e. The van der Waals surface area contributed by atoms with Crippen molar-refractivity contribution in [3.63, 3.8) is 0 Å². The van der Waals surface area contributed by atoms with E-state index in [1.165, 1.54) is 12.1 Å². The van der Waals surface area contributed by atoms with Gasteiger partial charge in [-0.2, -0.15) is 0 Å². The average molecular weight is 283 g/mol. The van der Waals surface area contributed by atoms with Gasteiger partial charge in [-0.25, -0.2) is 4.79 Å². The Kier molecular flexibility index (Phi) is 3.75. The summed E-state index contributed by atoms with van der Waals surface area (Å²) in [5, 5.41) is 9.07. The molecule has 0 bridgehead atoms. The molecule has 0 fully saturated rings. The molecule has 0 radical (unpaired) electrons. The summed E-state index contributed by atoms with van der Waals surface area (Å²) in [6, 6.07) is 11.9. The molecule has 3 nitrogen and oxygen atoms in total. The van der Waals surface area contributed by atoms with Crippen molar-refractivity contribution in [1.82, 2.24) is 0 Å². The highest BCUT2D eigenvalue weighted by Gasteiger charge is 2.18. The molecule has 2 aromatic rings. The molecular weight excluding hydrogens is 275 g/mol. The van der Waals surface area contributed by atoms with Crippen molar-refractivity contribution >= 4 is 29.2 Å². The Labute approximate surface area is 114 Å². The van der Waals surface area contributed by atoms with Gasteiger partial charge >= 0.3 is 5.97 Å². The van der Waals surface area contributed by atoms with Gasteiger partial charge in [-0.1, -0.05) is 41.4 Å². The number of hydrogen-bond donors (Lipinski definition) is 1. The fourth-order valence-corrected chi connectivity index (χ4v) is 1.99. The smallest absolute Gasteiger partial charge is 0.338 e. The van der Waals surface area contributed by atoms with Gasteiger partial charge in [0.05, 0.1) is 10.0 Å². The Bertz CT molecular complexity index is 582. The third-order valence-electron chi connectivity index (χ3n) is 2.24. The molecule has 0 atom stereocenters. The van der Waals surface area contributed by atoms with Crippen molar-refractivity contribution in [2.45, 2.75) is 0 Å². The summed E-state index contributed by atoms with van der Waals surface area (Å²) in [4.78, 5) is 11.0. The van der Waals surface area contributed by atoms with Crippen LogP contribution in [-0.2, 0) is 0 Å². The fraction of sp³-hybridized carbons (Fsp3) is 0. The minimum atomic E-state index is -1.19. The maximum atomic E-state index is 11.0. The van der Waals surface area contributed by atoms with Crippen LogP contribution in [0.25, 0.3) is 0 Å². The van der Waals surface area contributed by atoms with Gasteiger partial charge in [-0.3, -0.25) is 0 Å². The van der Waals surface area contributed by atoms with Crippen molar-refractivity contribution < 1.29 is 14.6 Å². The van der Waals surface area contributed by atoms with Gasteiger partial charge in [-0.05, 0) is 24.3 Å². The van der Waals surface area contributed by atoms with E-state index in [0.717, 1.165) is 0 Å². The molecule has 1 N–H and O–H groups in total. The van der Waals surface area contributed by atoms with Gasteiger partial charge in [-0.15, -0.1) is 0 Å². The lowest BCUT2D eigenvalue weighted by molar-refractivity contribution is 0.0697. The molecular formula is C13H8Cl2O3. The molecule has 0 amide bonds. The molecule has 0 saturated heterocycles. The van der Waals surface area contributed by atoms with Crippen molar-refractivity contribution in [3.05, 3.63) is 58.1 Å². The second-order valence-corrected chi connectivity index (χ2v) is 4.24. The summed E-state index contributed by atoms with van der Waals surface area (Å²) in [7, 11) is 0. The first kappa shape index (κ1) is 12.7. The number of ether oxygens (including phenoxy) is 1. The third-order valence-corrected chi connectivity index (χ3v) is 2.93. The van der Waals surface area contributed by atoms with E-state index >= 15 is 0 Å². The quantitative estimate of drug-likeness (QED) is 0.903. The zero-order valence-corrected chi connectivity index (χ0v) is 10.6. The second kappa shape index (κ2) is 5.29. The lowest BCUT2D eigenvalue weighted by Crippen LogP contribution is -2.00. The van der Waals surface area contributed by atoms with Crippen LogP contribution in [0.1, 0.15) is 10.4 Å². The number of carboxylic acids is 1. The Morgan fingerprint density at radius 1 is 1.06 bits per heavy atom. The van der Waals surface area contributed by atoms with Crippen LogP contribution in [0.15, 0.2) is 42.5 Å².